The number of carbonyl (C=O) groups is 1. The monoisotopic (exact) mass is 507 g/mol. The maximum Gasteiger partial charge on any atom is 0.416 e. The van der Waals surface area contributed by atoms with Crippen molar-refractivity contribution in [2.24, 2.45) is 0 Å². The van der Waals surface area contributed by atoms with Crippen molar-refractivity contribution >= 4 is 11.6 Å². The molecule has 0 aliphatic rings. The molecule has 0 aliphatic heterocycles. The van der Waals surface area contributed by atoms with Gasteiger partial charge in [0, 0.05) is 11.8 Å². The van der Waals surface area contributed by atoms with Crippen molar-refractivity contribution in [1.29, 1.82) is 0 Å². The van der Waals surface area contributed by atoms with E-state index in [1.807, 2.05) is 30.3 Å². The number of carbonyl (C=O) groups excluding carboxylic acids is 1. The summed E-state index contributed by atoms with van der Waals surface area (Å²) in [7, 11) is 0. The van der Waals surface area contributed by atoms with Gasteiger partial charge in [-0.3, -0.25) is 9.48 Å². The molecule has 37 heavy (non-hydrogen) atoms. The predicted molar refractivity (Wildman–Crippen MR) is 137 cm³/mol. The highest BCUT2D eigenvalue weighted by molar-refractivity contribution is 6.04. The van der Waals surface area contributed by atoms with E-state index in [4.69, 9.17) is 4.74 Å². The molecule has 0 radical (unpaired) electrons. The second kappa shape index (κ2) is 10.5. The molecule has 0 spiro atoms. The van der Waals surface area contributed by atoms with Gasteiger partial charge >= 0.3 is 6.18 Å². The number of alkyl halides is 3. The minimum atomic E-state index is -4.41. The molecular weight excluding hydrogens is 479 g/mol. The van der Waals surface area contributed by atoms with Crippen LogP contribution in [0.1, 0.15) is 53.4 Å². The number of ether oxygens (including phenoxy) is 1. The molecule has 5 nitrogen and oxygen atoms in total. The van der Waals surface area contributed by atoms with Crippen LogP contribution in [-0.2, 0) is 24.7 Å². The molecule has 1 heterocycles. The summed E-state index contributed by atoms with van der Waals surface area (Å²) >= 11 is 0. The molecule has 0 saturated heterocycles. The molecule has 0 bridgehead atoms. The third kappa shape index (κ3) is 7.00. The lowest BCUT2D eigenvalue weighted by atomic mass is 9.87. The van der Waals surface area contributed by atoms with Crippen LogP contribution in [0.4, 0.5) is 18.9 Å². The standard InChI is InChI=1S/C29H28F3N3O2/c1-28(2,3)23-10-12-26(13-11-23)37-19-21-7-4-8-22(14-21)27(36)34-25-16-33-35(18-25)17-20-6-5-9-24(15-20)29(30,31)32/h4-16,18H,17,19H2,1-3H3,(H,34,36). The van der Waals surface area contributed by atoms with Crippen LogP contribution >= 0.6 is 0 Å². The van der Waals surface area contributed by atoms with Crippen LogP contribution in [0.5, 0.6) is 5.75 Å². The van der Waals surface area contributed by atoms with Crippen molar-refractivity contribution in [2.75, 3.05) is 5.32 Å². The number of hydrogen-bond acceptors (Lipinski definition) is 3. The van der Waals surface area contributed by atoms with Crippen LogP contribution in [0, 0.1) is 0 Å². The summed E-state index contributed by atoms with van der Waals surface area (Å²) in [6, 6.07) is 20.2. The number of hydrogen-bond donors (Lipinski definition) is 1. The molecule has 0 atom stereocenters. The maximum atomic E-state index is 13.0. The number of aromatic nitrogens is 2. The second-order valence-corrected chi connectivity index (χ2v) is 9.84. The zero-order valence-corrected chi connectivity index (χ0v) is 20.8. The van der Waals surface area contributed by atoms with Crippen LogP contribution in [0.25, 0.3) is 0 Å². The normalized spacial score (nSPS) is 11.8. The molecule has 192 valence electrons. The van der Waals surface area contributed by atoms with E-state index in [1.165, 1.54) is 22.5 Å². The molecule has 0 fully saturated rings. The van der Waals surface area contributed by atoms with E-state index in [0.717, 1.165) is 23.4 Å². The van der Waals surface area contributed by atoms with Gasteiger partial charge in [0.2, 0.25) is 0 Å². The van der Waals surface area contributed by atoms with Crippen molar-refractivity contribution in [2.45, 2.75) is 45.5 Å². The minimum absolute atomic E-state index is 0.0644. The summed E-state index contributed by atoms with van der Waals surface area (Å²) < 4.78 is 46.2. The maximum absolute atomic E-state index is 13.0. The molecule has 1 N–H and O–H groups in total. The minimum Gasteiger partial charge on any atom is -0.489 e. The molecular formula is C29H28F3N3O2. The Morgan fingerprint density at radius 2 is 1.62 bits per heavy atom. The van der Waals surface area contributed by atoms with E-state index >= 15 is 0 Å². The number of amides is 1. The first-order valence-corrected chi connectivity index (χ1v) is 11.8. The fourth-order valence-corrected chi connectivity index (χ4v) is 3.77. The van der Waals surface area contributed by atoms with Crippen LogP contribution < -0.4 is 10.1 Å². The van der Waals surface area contributed by atoms with E-state index in [9.17, 15) is 18.0 Å². The smallest absolute Gasteiger partial charge is 0.416 e. The Morgan fingerprint density at radius 3 is 2.32 bits per heavy atom. The van der Waals surface area contributed by atoms with Gasteiger partial charge in [-0.05, 0) is 58.5 Å². The van der Waals surface area contributed by atoms with Crippen LogP contribution in [0.2, 0.25) is 0 Å². The molecule has 1 aromatic heterocycles. The lowest BCUT2D eigenvalue weighted by Gasteiger charge is -2.19. The summed E-state index contributed by atoms with van der Waals surface area (Å²) in [5.41, 5.74) is 2.76. The predicted octanol–water partition coefficient (Wildman–Crippen LogP) is 7.08. The Labute approximate surface area is 213 Å². The van der Waals surface area contributed by atoms with Gasteiger partial charge in [0.15, 0.2) is 0 Å². The van der Waals surface area contributed by atoms with Crippen molar-refractivity contribution in [3.8, 4) is 5.75 Å². The highest BCUT2D eigenvalue weighted by Gasteiger charge is 2.30. The molecule has 4 aromatic rings. The van der Waals surface area contributed by atoms with Gasteiger partial charge in [-0.15, -0.1) is 0 Å². The summed E-state index contributed by atoms with van der Waals surface area (Å²) in [5, 5.41) is 6.93. The van der Waals surface area contributed by atoms with Crippen molar-refractivity contribution < 1.29 is 22.7 Å². The first-order chi connectivity index (χ1) is 17.5. The zero-order valence-electron chi connectivity index (χ0n) is 20.8. The highest BCUT2D eigenvalue weighted by atomic mass is 19.4. The topological polar surface area (TPSA) is 56.1 Å². The average Bonchev–Trinajstić information content (AvgIpc) is 3.28. The molecule has 3 aromatic carbocycles. The second-order valence-electron chi connectivity index (χ2n) is 9.84. The van der Waals surface area contributed by atoms with Gasteiger partial charge in [-0.1, -0.05) is 57.2 Å². The average molecular weight is 508 g/mol. The number of anilines is 1. The van der Waals surface area contributed by atoms with Crippen molar-refractivity contribution in [3.05, 3.63) is 113 Å². The van der Waals surface area contributed by atoms with Gasteiger partial charge in [0.05, 0.1) is 24.0 Å². The van der Waals surface area contributed by atoms with Gasteiger partial charge in [-0.25, -0.2) is 0 Å². The van der Waals surface area contributed by atoms with E-state index in [0.29, 0.717) is 23.4 Å². The summed E-state index contributed by atoms with van der Waals surface area (Å²) in [6.45, 7) is 6.91. The van der Waals surface area contributed by atoms with E-state index in [-0.39, 0.29) is 17.9 Å². The fourth-order valence-electron chi connectivity index (χ4n) is 3.77. The fraction of sp³-hybridized carbons (Fsp3) is 0.241. The molecule has 0 unspecified atom stereocenters. The molecule has 0 aliphatic carbocycles. The number of halogens is 3. The van der Waals surface area contributed by atoms with E-state index in [1.54, 1.807) is 30.5 Å². The third-order valence-electron chi connectivity index (χ3n) is 5.81. The van der Waals surface area contributed by atoms with Gasteiger partial charge in [0.25, 0.3) is 5.91 Å². The molecule has 4 rings (SSSR count). The number of nitrogens with one attached hydrogen (secondary N) is 1. The van der Waals surface area contributed by atoms with Crippen molar-refractivity contribution in [3.63, 3.8) is 0 Å². The summed E-state index contributed by atoms with van der Waals surface area (Å²) in [4.78, 5) is 12.8. The largest absolute Gasteiger partial charge is 0.489 e. The lowest BCUT2D eigenvalue weighted by Crippen LogP contribution is -2.12. The number of benzene rings is 3. The Morgan fingerprint density at radius 1 is 0.919 bits per heavy atom. The lowest BCUT2D eigenvalue weighted by molar-refractivity contribution is -0.137. The molecule has 1 amide bonds. The first-order valence-electron chi connectivity index (χ1n) is 11.8. The van der Waals surface area contributed by atoms with Gasteiger partial charge in [-0.2, -0.15) is 18.3 Å². The Kier molecular flexibility index (Phi) is 7.38. The summed E-state index contributed by atoms with van der Waals surface area (Å²) in [6.07, 6.45) is -1.37. The van der Waals surface area contributed by atoms with E-state index < -0.39 is 11.7 Å². The Hall–Kier alpha value is -4.07. The number of rotatable bonds is 7. The van der Waals surface area contributed by atoms with Crippen LogP contribution in [-0.4, -0.2) is 15.7 Å². The first kappa shape index (κ1) is 26.0. The summed E-state index contributed by atoms with van der Waals surface area (Å²) in [5.74, 6) is 0.422. The van der Waals surface area contributed by atoms with Gasteiger partial charge < -0.3 is 10.1 Å². The molecule has 0 saturated carbocycles. The van der Waals surface area contributed by atoms with E-state index in [2.05, 4.69) is 31.2 Å². The third-order valence-corrected chi connectivity index (χ3v) is 5.81. The van der Waals surface area contributed by atoms with Crippen LogP contribution in [0.15, 0.2) is 85.2 Å². The van der Waals surface area contributed by atoms with Crippen molar-refractivity contribution in [1.82, 2.24) is 9.78 Å². The Balaban J connectivity index is 1.35. The highest BCUT2D eigenvalue weighted by Crippen LogP contribution is 2.30. The van der Waals surface area contributed by atoms with Gasteiger partial charge in [0.1, 0.15) is 12.4 Å². The molecule has 8 heteroatoms. The quantitative estimate of drug-likeness (QED) is 0.291. The zero-order chi connectivity index (χ0) is 26.6. The Bertz CT molecular complexity index is 1370. The van der Waals surface area contributed by atoms with Crippen LogP contribution in [0.3, 0.4) is 0 Å². The SMILES string of the molecule is CC(C)(C)c1ccc(OCc2cccc(C(=O)Nc3cnn(Cc4cccc(C(F)(F)F)c4)c3)c2)cc1. The number of nitrogens with zero attached hydrogens (tertiary/aromatic N) is 2.